The fraction of sp³-hybridized carbons (Fsp3) is 0.500. The van der Waals surface area contributed by atoms with Crippen LogP contribution in [0.2, 0.25) is 0 Å². The number of amides is 1. The Morgan fingerprint density at radius 3 is 2.81 bits per heavy atom. The van der Waals surface area contributed by atoms with Crippen LogP contribution in [0.1, 0.15) is 30.9 Å². The summed E-state index contributed by atoms with van der Waals surface area (Å²) in [4.78, 5) is 12.1. The zero-order valence-electron chi connectivity index (χ0n) is 14.2. The lowest BCUT2D eigenvalue weighted by atomic mass is 9.99. The van der Waals surface area contributed by atoms with Gasteiger partial charge in [-0.05, 0) is 37.5 Å². The van der Waals surface area contributed by atoms with Crippen LogP contribution in [0.15, 0.2) is 29.4 Å². The Hall–Kier alpha value is -1.94. The van der Waals surface area contributed by atoms with Crippen molar-refractivity contribution in [3.8, 4) is 0 Å². The molecule has 1 aliphatic rings. The van der Waals surface area contributed by atoms with Gasteiger partial charge in [0.25, 0.3) is 0 Å². The van der Waals surface area contributed by atoms with E-state index in [-0.39, 0.29) is 17.9 Å². The third-order valence-corrected chi connectivity index (χ3v) is 5.96. The molecule has 1 atom stereocenters. The normalized spacial score (nSPS) is 19.6. The summed E-state index contributed by atoms with van der Waals surface area (Å²) in [7, 11) is -3.36. The smallest absolute Gasteiger partial charge is 0.273 e. The summed E-state index contributed by atoms with van der Waals surface area (Å²) < 4.78 is 63.1. The fourth-order valence-electron chi connectivity index (χ4n) is 2.65. The zero-order chi connectivity index (χ0) is 19.4. The Labute approximate surface area is 150 Å². The van der Waals surface area contributed by atoms with Gasteiger partial charge in [-0.2, -0.15) is 18.3 Å². The minimum Gasteiger partial charge on any atom is -0.273 e. The number of hydrogen-bond acceptors (Lipinski definition) is 4. The number of carbonyl (C=O) groups is 1. The van der Waals surface area contributed by atoms with E-state index >= 15 is 0 Å². The maximum atomic E-state index is 12.7. The van der Waals surface area contributed by atoms with Crippen LogP contribution in [0.4, 0.5) is 13.2 Å². The lowest BCUT2D eigenvalue weighted by Crippen LogP contribution is -2.45. The monoisotopic (exact) mass is 391 g/mol. The summed E-state index contributed by atoms with van der Waals surface area (Å²) in [5, 5.41) is 3.69. The molecule has 1 amide bonds. The van der Waals surface area contributed by atoms with Crippen LogP contribution in [0.3, 0.4) is 0 Å². The molecule has 144 valence electrons. The number of halogens is 3. The van der Waals surface area contributed by atoms with Crippen molar-refractivity contribution in [1.82, 2.24) is 9.73 Å². The van der Waals surface area contributed by atoms with E-state index in [0.717, 1.165) is 18.3 Å². The van der Waals surface area contributed by atoms with Crippen molar-refractivity contribution < 1.29 is 26.4 Å². The van der Waals surface area contributed by atoms with Crippen LogP contribution in [0, 0.1) is 5.92 Å². The molecule has 1 saturated heterocycles. The molecule has 0 bridgehead atoms. The average molecular weight is 391 g/mol. The lowest BCUT2D eigenvalue weighted by molar-refractivity contribution is -0.137. The van der Waals surface area contributed by atoms with Crippen LogP contribution in [0.5, 0.6) is 0 Å². The Kier molecular flexibility index (Phi) is 6.40. The van der Waals surface area contributed by atoms with Crippen molar-refractivity contribution in [2.75, 3.05) is 18.8 Å². The molecule has 0 aromatic heterocycles. The number of hydrazone groups is 1. The summed E-state index contributed by atoms with van der Waals surface area (Å²) in [5.41, 5.74) is 1.67. The number of nitrogens with one attached hydrogen (secondary N) is 1. The molecule has 1 aliphatic heterocycles. The molecule has 26 heavy (non-hydrogen) atoms. The van der Waals surface area contributed by atoms with Crippen molar-refractivity contribution >= 4 is 22.1 Å². The third-order valence-electron chi connectivity index (χ3n) is 4.12. The number of carbonyl (C=O) groups excluding carboxylic acids is 1. The van der Waals surface area contributed by atoms with E-state index in [0.29, 0.717) is 19.4 Å². The Bertz CT molecular complexity index is 778. The summed E-state index contributed by atoms with van der Waals surface area (Å²) in [6.45, 7) is 2.01. The lowest BCUT2D eigenvalue weighted by Gasteiger charge is -2.30. The van der Waals surface area contributed by atoms with E-state index in [2.05, 4.69) is 10.5 Å². The molecular weight excluding hydrogens is 371 g/mol. The molecule has 1 N–H and O–H groups in total. The van der Waals surface area contributed by atoms with E-state index in [4.69, 9.17) is 0 Å². The largest absolute Gasteiger partial charge is 0.416 e. The van der Waals surface area contributed by atoms with Crippen LogP contribution < -0.4 is 5.43 Å². The number of alkyl halides is 3. The number of nitrogens with zero attached hydrogens (tertiary/aromatic N) is 2. The quantitative estimate of drug-likeness (QED) is 0.618. The third kappa shape index (κ3) is 5.28. The molecule has 1 aromatic rings. The molecule has 0 spiro atoms. The standard InChI is InChI=1S/C16H20F3N3O3S/c1-2-26(24,25)22-8-4-6-13(11-22)15(23)21-20-10-12-5-3-7-14(9-12)16(17,18)19/h3,5,7,9-10,13H,2,4,6,8,11H2,1H3,(H,21,23)/b20-10-/t13-/m1/s1. The second kappa shape index (κ2) is 8.17. The van der Waals surface area contributed by atoms with Gasteiger partial charge >= 0.3 is 6.18 Å². The van der Waals surface area contributed by atoms with Gasteiger partial charge in [0, 0.05) is 13.1 Å². The Morgan fingerprint density at radius 2 is 2.15 bits per heavy atom. The van der Waals surface area contributed by atoms with Crippen molar-refractivity contribution in [3.63, 3.8) is 0 Å². The van der Waals surface area contributed by atoms with Gasteiger partial charge in [0.05, 0.1) is 23.4 Å². The molecule has 2 rings (SSSR count). The highest BCUT2D eigenvalue weighted by Gasteiger charge is 2.31. The Balaban J connectivity index is 1.97. The van der Waals surface area contributed by atoms with E-state index in [1.807, 2.05) is 0 Å². The van der Waals surface area contributed by atoms with Crippen LogP contribution in [-0.2, 0) is 21.0 Å². The molecule has 0 radical (unpaired) electrons. The minimum atomic E-state index is -4.45. The fourth-order valence-corrected chi connectivity index (χ4v) is 3.83. The molecule has 0 aliphatic carbocycles. The SMILES string of the molecule is CCS(=O)(=O)N1CCC[C@@H](C(=O)N/N=C\c2cccc(C(F)(F)F)c2)C1. The average Bonchev–Trinajstić information content (AvgIpc) is 2.61. The van der Waals surface area contributed by atoms with Gasteiger partial charge in [0.2, 0.25) is 15.9 Å². The molecular formula is C16H20F3N3O3S. The van der Waals surface area contributed by atoms with E-state index in [1.54, 1.807) is 6.92 Å². The number of piperidine rings is 1. The van der Waals surface area contributed by atoms with Gasteiger partial charge in [-0.3, -0.25) is 4.79 Å². The number of sulfonamides is 1. The molecule has 1 aromatic carbocycles. The molecule has 6 nitrogen and oxygen atoms in total. The van der Waals surface area contributed by atoms with Gasteiger partial charge in [0.15, 0.2) is 0 Å². The van der Waals surface area contributed by atoms with Gasteiger partial charge in [-0.15, -0.1) is 0 Å². The predicted octanol–water partition coefficient (Wildman–Crippen LogP) is 2.22. The summed E-state index contributed by atoms with van der Waals surface area (Å²) in [6, 6.07) is 4.55. The van der Waals surface area contributed by atoms with E-state index < -0.39 is 33.6 Å². The second-order valence-electron chi connectivity index (χ2n) is 5.96. The highest BCUT2D eigenvalue weighted by Crippen LogP contribution is 2.29. The first-order valence-electron chi connectivity index (χ1n) is 8.11. The van der Waals surface area contributed by atoms with E-state index in [1.165, 1.54) is 16.4 Å². The summed E-state index contributed by atoms with van der Waals surface area (Å²) in [5.74, 6) is -1.03. The predicted molar refractivity (Wildman–Crippen MR) is 90.9 cm³/mol. The van der Waals surface area contributed by atoms with E-state index in [9.17, 15) is 26.4 Å². The highest BCUT2D eigenvalue weighted by molar-refractivity contribution is 7.89. The Morgan fingerprint density at radius 1 is 1.42 bits per heavy atom. The van der Waals surface area contributed by atoms with Crippen molar-refractivity contribution in [2.24, 2.45) is 11.0 Å². The number of benzene rings is 1. The van der Waals surface area contributed by atoms with Gasteiger partial charge in [-0.1, -0.05) is 12.1 Å². The highest BCUT2D eigenvalue weighted by atomic mass is 32.2. The van der Waals surface area contributed by atoms with Crippen molar-refractivity contribution in [3.05, 3.63) is 35.4 Å². The molecule has 1 heterocycles. The minimum absolute atomic E-state index is 0.0327. The first-order chi connectivity index (χ1) is 12.1. The molecule has 10 heteroatoms. The van der Waals surface area contributed by atoms with Gasteiger partial charge in [-0.25, -0.2) is 18.1 Å². The van der Waals surface area contributed by atoms with Crippen molar-refractivity contribution in [1.29, 1.82) is 0 Å². The van der Waals surface area contributed by atoms with Crippen LogP contribution >= 0.6 is 0 Å². The van der Waals surface area contributed by atoms with Gasteiger partial charge < -0.3 is 0 Å². The molecule has 0 saturated carbocycles. The summed E-state index contributed by atoms with van der Waals surface area (Å²) >= 11 is 0. The first kappa shape index (κ1) is 20.4. The number of hydrogen-bond donors (Lipinski definition) is 1. The van der Waals surface area contributed by atoms with Crippen LogP contribution in [0.25, 0.3) is 0 Å². The topological polar surface area (TPSA) is 78.8 Å². The van der Waals surface area contributed by atoms with Gasteiger partial charge in [0.1, 0.15) is 0 Å². The van der Waals surface area contributed by atoms with Crippen LogP contribution in [-0.4, -0.2) is 43.7 Å². The maximum absolute atomic E-state index is 12.7. The molecule has 1 fully saturated rings. The molecule has 0 unspecified atom stereocenters. The second-order valence-corrected chi connectivity index (χ2v) is 8.21. The number of rotatable bonds is 5. The zero-order valence-corrected chi connectivity index (χ0v) is 15.0. The van der Waals surface area contributed by atoms with Crippen molar-refractivity contribution in [2.45, 2.75) is 25.9 Å². The first-order valence-corrected chi connectivity index (χ1v) is 9.72. The summed E-state index contributed by atoms with van der Waals surface area (Å²) in [6.07, 6.45) is -2.24. The maximum Gasteiger partial charge on any atom is 0.416 e.